The SMILES string of the molecule is [Bi].[CsH].[Sb].[Tl]. The van der Waals surface area contributed by atoms with Crippen LogP contribution in [0, 0.1) is 0 Å². The second-order valence-electron chi connectivity index (χ2n) is 0. The molecule has 0 bridgehead atoms. The van der Waals surface area contributed by atoms with Crippen LogP contribution in [0.1, 0.15) is 0 Å². The molecule has 4 heavy (non-hydrogen) atoms. The summed E-state index contributed by atoms with van der Waals surface area (Å²) in [6, 6.07) is 0. The van der Waals surface area contributed by atoms with Gasteiger partial charge in [0.25, 0.3) is 0 Å². The average molecular weight is 669 g/mol. The molecule has 0 spiro atoms. The van der Waals surface area contributed by atoms with E-state index in [1.54, 1.807) is 0 Å². The van der Waals surface area contributed by atoms with E-state index in [1.807, 2.05) is 0 Å². The van der Waals surface area contributed by atoms with Gasteiger partial charge in [0.05, 0.1) is 0 Å². The van der Waals surface area contributed by atoms with Gasteiger partial charge in [-0.1, -0.05) is 0 Å². The fourth-order valence-electron chi connectivity index (χ4n) is 0. The average Bonchev–Trinajstić information content (AvgIpc) is 0. The Kier molecular flexibility index (Phi) is 91.5. The summed E-state index contributed by atoms with van der Waals surface area (Å²) in [5.74, 6) is 0. The minimum absolute atomic E-state index is 0. The largest absolute Gasteiger partial charge is 0 e. The Hall–Kier alpha value is 4.68. The van der Waals surface area contributed by atoms with Crippen LogP contribution in [-0.2, 0) is 0 Å². The molecule has 0 aromatic heterocycles. The molecule has 0 aliphatic carbocycles. The van der Waals surface area contributed by atoms with Gasteiger partial charge in [-0.05, 0) is 0 Å². The molecule has 0 heterocycles. The second-order valence-corrected chi connectivity index (χ2v) is 0. The zero-order valence-corrected chi connectivity index (χ0v) is 12.0. The van der Waals surface area contributed by atoms with Gasteiger partial charge in [0.1, 0.15) is 0 Å². The topological polar surface area (TPSA) is 0 Å². The standard InChI is InChI=1S/Bi.Cs.Sb.Tl.H. The fraction of sp³-hybridized carbons (Fsp3) is 0. The summed E-state index contributed by atoms with van der Waals surface area (Å²) in [7, 11) is 0. The molecule has 0 saturated heterocycles. The molecule has 0 aliphatic heterocycles. The van der Waals surface area contributed by atoms with Gasteiger partial charge in [-0.15, -0.1) is 0 Å². The number of hydrogen-bond acceptors (Lipinski definition) is 0. The van der Waals surface area contributed by atoms with Crippen molar-refractivity contribution in [2.75, 3.05) is 0 Å². The van der Waals surface area contributed by atoms with E-state index in [0.29, 0.717) is 0 Å². The van der Waals surface area contributed by atoms with Crippen molar-refractivity contribution in [2.45, 2.75) is 0 Å². The minimum atomic E-state index is 0. The zero-order valence-electron chi connectivity index (χ0n) is 1.47. The van der Waals surface area contributed by atoms with Crippen molar-refractivity contribution in [2.24, 2.45) is 0 Å². The summed E-state index contributed by atoms with van der Waals surface area (Å²) in [4.78, 5) is 0. The maximum Gasteiger partial charge on any atom is 0 e. The fourth-order valence-corrected chi connectivity index (χ4v) is 0. The van der Waals surface area contributed by atoms with E-state index in [9.17, 15) is 0 Å². The summed E-state index contributed by atoms with van der Waals surface area (Å²) < 4.78 is 0. The maximum atomic E-state index is 0. The van der Waals surface area contributed by atoms with Crippen molar-refractivity contribution in [1.29, 1.82) is 0 Å². The molecule has 0 nitrogen and oxygen atoms in total. The van der Waals surface area contributed by atoms with Crippen molar-refractivity contribution in [3.8, 4) is 0 Å². The van der Waals surface area contributed by atoms with Gasteiger partial charge in [0, 0.05) is 77.9 Å². The van der Waals surface area contributed by atoms with E-state index < -0.39 is 0 Å². The molecule has 0 N–H and O–H groups in total. The third-order valence-electron chi connectivity index (χ3n) is 0. The van der Waals surface area contributed by atoms with Crippen molar-refractivity contribution in [3.63, 3.8) is 0 Å². The van der Waals surface area contributed by atoms with Gasteiger partial charge in [-0.2, -0.15) is 0 Å². The quantitative estimate of drug-likeness (QED) is 0.268. The van der Waals surface area contributed by atoms with E-state index in [0.717, 1.165) is 0 Å². The van der Waals surface area contributed by atoms with Crippen LogP contribution in [-0.4, -0.2) is 147 Å². The Morgan fingerprint density at radius 1 is 1.00 bits per heavy atom. The monoisotopic (exact) mass is 669 g/mol. The third kappa shape index (κ3) is 9.84. The van der Waals surface area contributed by atoms with E-state index >= 15 is 0 Å². The Labute approximate surface area is 142 Å². The molecule has 15 valence electrons. The predicted molar refractivity (Wildman–Crippen MR) is 24.4 cm³/mol. The zero-order chi connectivity index (χ0) is 0. The molecule has 4 heteroatoms. The Morgan fingerprint density at radius 2 is 1.00 bits per heavy atom. The van der Waals surface area contributed by atoms with Crippen LogP contribution in [0.4, 0.5) is 0 Å². The first-order valence-corrected chi connectivity index (χ1v) is 0. The number of hydrogen-bond donors (Lipinski definition) is 0. The van der Waals surface area contributed by atoms with Crippen molar-refractivity contribution < 1.29 is 0 Å². The van der Waals surface area contributed by atoms with Crippen molar-refractivity contribution >= 4 is 147 Å². The molecule has 0 atom stereocenters. The molecule has 0 amide bonds. The van der Waals surface area contributed by atoms with Crippen LogP contribution in [0.25, 0.3) is 0 Å². The molecule has 0 aromatic carbocycles. The summed E-state index contributed by atoms with van der Waals surface area (Å²) >= 11 is 0. The van der Waals surface area contributed by atoms with Gasteiger partial charge in [-0.25, -0.2) is 0 Å². The molecule has 7 radical (unpaired) electrons. The van der Waals surface area contributed by atoms with E-state index in [2.05, 4.69) is 0 Å². The van der Waals surface area contributed by atoms with Gasteiger partial charge in [0.2, 0.25) is 0 Å². The van der Waals surface area contributed by atoms with E-state index in [-0.39, 0.29) is 147 Å². The molecule has 0 unspecified atom stereocenters. The van der Waals surface area contributed by atoms with Crippen LogP contribution >= 0.6 is 0 Å². The van der Waals surface area contributed by atoms with Gasteiger partial charge in [-0.3, -0.25) is 0 Å². The van der Waals surface area contributed by atoms with Crippen LogP contribution in [0.3, 0.4) is 0 Å². The first-order chi connectivity index (χ1) is 0. The Bertz CT molecular complexity index is 8.00. The van der Waals surface area contributed by atoms with E-state index in [4.69, 9.17) is 0 Å². The molecular formula is HBiCsSbTl. The summed E-state index contributed by atoms with van der Waals surface area (Å²) in [6.45, 7) is 0. The van der Waals surface area contributed by atoms with Crippen LogP contribution < -0.4 is 0 Å². The maximum absolute atomic E-state index is 0. The van der Waals surface area contributed by atoms with Crippen LogP contribution in [0.5, 0.6) is 0 Å². The molecule has 0 saturated carbocycles. The summed E-state index contributed by atoms with van der Waals surface area (Å²) in [6.07, 6.45) is 0. The normalized spacial score (nSPS) is 0. The first kappa shape index (κ1) is 23.4. The van der Waals surface area contributed by atoms with Crippen LogP contribution in [0.2, 0.25) is 0 Å². The summed E-state index contributed by atoms with van der Waals surface area (Å²) in [5, 5.41) is 0. The Morgan fingerprint density at radius 3 is 1.00 bits per heavy atom. The predicted octanol–water partition coefficient (Wildman–Crippen LogP) is -1.79. The molecule has 0 fully saturated rings. The van der Waals surface area contributed by atoms with Gasteiger partial charge < -0.3 is 0 Å². The van der Waals surface area contributed by atoms with E-state index in [1.165, 1.54) is 0 Å². The van der Waals surface area contributed by atoms with Crippen molar-refractivity contribution in [1.82, 2.24) is 0 Å². The van der Waals surface area contributed by atoms with Gasteiger partial charge >= 0.3 is 68.9 Å². The smallest absolute Gasteiger partial charge is 0 e. The first-order valence-electron chi connectivity index (χ1n) is 0. The van der Waals surface area contributed by atoms with Crippen molar-refractivity contribution in [3.05, 3.63) is 0 Å². The Balaban J connectivity index is 0. The molecule has 0 aromatic rings. The summed E-state index contributed by atoms with van der Waals surface area (Å²) in [5.41, 5.74) is 0. The van der Waals surface area contributed by atoms with Gasteiger partial charge in [0.15, 0.2) is 0 Å². The molecule has 0 aliphatic rings. The second kappa shape index (κ2) is 15.6. The van der Waals surface area contributed by atoms with Crippen LogP contribution in [0.15, 0.2) is 0 Å². The molecular weight excluding hydrogens is 668 g/mol. The minimum Gasteiger partial charge on any atom is 0 e. The number of rotatable bonds is 0. The third-order valence-corrected chi connectivity index (χ3v) is 0. The molecule has 0 rings (SSSR count).